The largest absolute Gasteiger partial charge is 0.481 e. The first-order valence-electron chi connectivity index (χ1n) is 11.1. The summed E-state index contributed by atoms with van der Waals surface area (Å²) < 4.78 is 5.48. The van der Waals surface area contributed by atoms with Gasteiger partial charge in [0.25, 0.3) is 0 Å². The molecule has 168 valence electrons. The van der Waals surface area contributed by atoms with Crippen LogP contribution in [0.5, 0.6) is 0 Å². The van der Waals surface area contributed by atoms with Crippen LogP contribution >= 0.6 is 0 Å². The lowest BCUT2D eigenvalue weighted by Gasteiger charge is -2.16. The molecule has 0 heterocycles. The molecule has 0 aromatic heterocycles. The first-order valence-corrected chi connectivity index (χ1v) is 11.1. The molecule has 0 spiro atoms. The van der Waals surface area contributed by atoms with Gasteiger partial charge >= 0.3 is 12.1 Å². The van der Waals surface area contributed by atoms with Gasteiger partial charge in [0.1, 0.15) is 6.61 Å². The number of alkyl carbamates (subject to hydrolysis) is 1. The smallest absolute Gasteiger partial charge is 0.407 e. The van der Waals surface area contributed by atoms with Gasteiger partial charge < -0.3 is 20.5 Å². The van der Waals surface area contributed by atoms with Crippen LogP contribution in [0.3, 0.4) is 0 Å². The molecule has 2 aromatic carbocycles. The van der Waals surface area contributed by atoms with Gasteiger partial charge in [-0.2, -0.15) is 0 Å². The van der Waals surface area contributed by atoms with Crippen molar-refractivity contribution in [1.29, 1.82) is 0 Å². The van der Waals surface area contributed by atoms with Crippen molar-refractivity contribution in [2.75, 3.05) is 13.2 Å². The van der Waals surface area contributed by atoms with E-state index in [2.05, 4.69) is 34.9 Å². The minimum absolute atomic E-state index is 0.00696. The summed E-state index contributed by atoms with van der Waals surface area (Å²) in [6, 6.07) is 16.0. The Balaban J connectivity index is 1.19. The predicted octanol–water partition coefficient (Wildman–Crippen LogP) is 3.67. The number of fused-ring (bicyclic) bond motifs is 3. The van der Waals surface area contributed by atoms with Gasteiger partial charge in [-0.25, -0.2) is 4.79 Å². The highest BCUT2D eigenvalue weighted by Gasteiger charge is 2.33. The zero-order valence-corrected chi connectivity index (χ0v) is 17.9. The van der Waals surface area contributed by atoms with E-state index < -0.39 is 12.1 Å². The Morgan fingerprint density at radius 1 is 1.00 bits per heavy atom. The zero-order chi connectivity index (χ0) is 22.5. The summed E-state index contributed by atoms with van der Waals surface area (Å²) in [6.45, 7) is 0.565. The second-order valence-electron chi connectivity index (χ2n) is 8.47. The van der Waals surface area contributed by atoms with Crippen LogP contribution in [0.15, 0.2) is 48.5 Å². The van der Waals surface area contributed by atoms with Crippen molar-refractivity contribution in [2.45, 2.75) is 44.1 Å². The Kier molecular flexibility index (Phi) is 6.73. The lowest BCUT2D eigenvalue weighted by Crippen LogP contribution is -2.38. The van der Waals surface area contributed by atoms with Gasteiger partial charge in [0.2, 0.25) is 5.91 Å². The van der Waals surface area contributed by atoms with Crippen LogP contribution in [-0.4, -0.2) is 42.3 Å². The molecule has 32 heavy (non-hydrogen) atoms. The maximum Gasteiger partial charge on any atom is 0.407 e. The third kappa shape index (κ3) is 5.28. The molecule has 1 fully saturated rings. The lowest BCUT2D eigenvalue weighted by atomic mass is 9.98. The number of carbonyl (C=O) groups is 3. The number of carboxylic acid groups (broad SMARTS) is 1. The van der Waals surface area contributed by atoms with E-state index in [9.17, 15) is 14.4 Å². The van der Waals surface area contributed by atoms with Crippen molar-refractivity contribution in [2.24, 2.45) is 5.92 Å². The van der Waals surface area contributed by atoms with Crippen molar-refractivity contribution in [3.05, 3.63) is 59.7 Å². The van der Waals surface area contributed by atoms with E-state index in [-0.39, 0.29) is 43.2 Å². The highest BCUT2D eigenvalue weighted by molar-refractivity contribution is 5.79. The summed E-state index contributed by atoms with van der Waals surface area (Å²) in [4.78, 5) is 35.2. The average molecular weight is 437 g/mol. The Morgan fingerprint density at radius 3 is 2.22 bits per heavy atom. The molecular weight excluding hydrogens is 408 g/mol. The van der Waals surface area contributed by atoms with Crippen molar-refractivity contribution in [1.82, 2.24) is 10.6 Å². The number of hydrogen-bond donors (Lipinski definition) is 3. The number of carboxylic acids is 1. The van der Waals surface area contributed by atoms with Crippen molar-refractivity contribution in [3.63, 3.8) is 0 Å². The van der Waals surface area contributed by atoms with Gasteiger partial charge in [-0.05, 0) is 47.4 Å². The predicted molar refractivity (Wildman–Crippen MR) is 119 cm³/mol. The van der Waals surface area contributed by atoms with Gasteiger partial charge in [-0.1, -0.05) is 48.5 Å². The van der Waals surface area contributed by atoms with E-state index >= 15 is 0 Å². The van der Waals surface area contributed by atoms with Crippen molar-refractivity contribution in [3.8, 4) is 11.1 Å². The molecule has 2 aromatic rings. The molecule has 2 amide bonds. The Morgan fingerprint density at radius 2 is 1.62 bits per heavy atom. The Labute approximate surface area is 187 Å². The van der Waals surface area contributed by atoms with E-state index in [0.29, 0.717) is 13.0 Å². The number of benzene rings is 2. The number of hydrogen-bond acceptors (Lipinski definition) is 4. The van der Waals surface area contributed by atoms with Crippen molar-refractivity contribution < 1.29 is 24.2 Å². The fourth-order valence-electron chi connectivity index (χ4n) is 4.39. The number of rotatable bonds is 10. The molecular formula is C25H28N2O5. The second-order valence-corrected chi connectivity index (χ2v) is 8.47. The van der Waals surface area contributed by atoms with Crippen LogP contribution in [0.25, 0.3) is 11.1 Å². The van der Waals surface area contributed by atoms with Crippen molar-refractivity contribution >= 4 is 18.0 Å². The van der Waals surface area contributed by atoms with Gasteiger partial charge in [-0.3, -0.25) is 9.59 Å². The topological polar surface area (TPSA) is 105 Å². The molecule has 0 radical (unpaired) electrons. The maximum absolute atomic E-state index is 12.2. The maximum atomic E-state index is 12.2. The molecule has 3 N–H and O–H groups in total. The second kappa shape index (κ2) is 9.85. The summed E-state index contributed by atoms with van der Waals surface area (Å²) >= 11 is 0. The SMILES string of the molecule is O=C(O)CC(NC(=O)CCCNC(=O)OCC1c2ccccc2-c2ccccc21)C1CC1. The standard InChI is InChI=1S/C25H28N2O5/c28-23(27-22(14-24(29)30)16-11-12-16)10-5-13-26-25(31)32-15-21-19-8-3-1-6-17(19)18-7-2-4-9-20(18)21/h1-4,6-9,16,21-22H,5,10-15H2,(H,26,31)(H,27,28)(H,29,30). The van der Waals surface area contributed by atoms with E-state index in [0.717, 1.165) is 24.0 Å². The van der Waals surface area contributed by atoms with Crippen LogP contribution in [0.2, 0.25) is 0 Å². The molecule has 1 saturated carbocycles. The summed E-state index contributed by atoms with van der Waals surface area (Å²) in [6.07, 6.45) is 2.05. The molecule has 0 bridgehead atoms. The lowest BCUT2D eigenvalue weighted by molar-refractivity contribution is -0.137. The number of ether oxygens (including phenoxy) is 1. The molecule has 1 atom stereocenters. The zero-order valence-electron chi connectivity index (χ0n) is 17.9. The first kappa shape index (κ1) is 21.9. The molecule has 0 aliphatic heterocycles. The van der Waals surface area contributed by atoms with E-state index in [1.807, 2.05) is 24.3 Å². The Hall–Kier alpha value is -3.35. The van der Waals surface area contributed by atoms with Gasteiger partial charge in [0.05, 0.1) is 6.42 Å². The monoisotopic (exact) mass is 436 g/mol. The number of carbonyl (C=O) groups excluding carboxylic acids is 2. The van der Waals surface area contributed by atoms with Gasteiger partial charge in [0.15, 0.2) is 0 Å². The normalized spacial score (nSPS) is 15.4. The third-order valence-corrected chi connectivity index (χ3v) is 6.13. The summed E-state index contributed by atoms with van der Waals surface area (Å²) in [5, 5.41) is 14.5. The van der Waals surface area contributed by atoms with Gasteiger partial charge in [0, 0.05) is 24.9 Å². The van der Waals surface area contributed by atoms with Gasteiger partial charge in [-0.15, -0.1) is 0 Å². The molecule has 2 aliphatic carbocycles. The Bertz CT molecular complexity index is 956. The van der Waals surface area contributed by atoms with Crippen LogP contribution < -0.4 is 10.6 Å². The highest BCUT2D eigenvalue weighted by atomic mass is 16.5. The quantitative estimate of drug-likeness (QED) is 0.493. The molecule has 4 rings (SSSR count). The molecule has 7 nitrogen and oxygen atoms in total. The molecule has 0 saturated heterocycles. The number of amides is 2. The number of aliphatic carboxylic acids is 1. The van der Waals surface area contributed by atoms with E-state index in [1.165, 1.54) is 11.1 Å². The average Bonchev–Trinajstić information content (AvgIpc) is 3.58. The summed E-state index contributed by atoms with van der Waals surface area (Å²) in [5.74, 6) is -0.807. The third-order valence-electron chi connectivity index (χ3n) is 6.13. The fourth-order valence-corrected chi connectivity index (χ4v) is 4.39. The summed E-state index contributed by atoms with van der Waals surface area (Å²) in [5.41, 5.74) is 4.67. The summed E-state index contributed by atoms with van der Waals surface area (Å²) in [7, 11) is 0. The van der Waals surface area contributed by atoms with E-state index in [1.54, 1.807) is 0 Å². The van der Waals surface area contributed by atoms with Crippen LogP contribution in [0, 0.1) is 5.92 Å². The number of nitrogens with one attached hydrogen (secondary N) is 2. The minimum atomic E-state index is -0.904. The van der Waals surface area contributed by atoms with Crippen LogP contribution in [-0.2, 0) is 14.3 Å². The first-order chi connectivity index (χ1) is 15.5. The highest BCUT2D eigenvalue weighted by Crippen LogP contribution is 2.44. The molecule has 7 heteroatoms. The van der Waals surface area contributed by atoms with Crippen LogP contribution in [0.4, 0.5) is 4.79 Å². The fraction of sp³-hybridized carbons (Fsp3) is 0.400. The van der Waals surface area contributed by atoms with Crippen LogP contribution in [0.1, 0.15) is 49.1 Å². The molecule has 1 unspecified atom stereocenters. The minimum Gasteiger partial charge on any atom is -0.481 e. The molecule has 2 aliphatic rings. The van der Waals surface area contributed by atoms with E-state index in [4.69, 9.17) is 9.84 Å².